The van der Waals surface area contributed by atoms with Crippen molar-refractivity contribution in [3.8, 4) is 5.75 Å². The van der Waals surface area contributed by atoms with Crippen LogP contribution >= 0.6 is 0 Å². The minimum absolute atomic E-state index is 0.00448. The third-order valence-electron chi connectivity index (χ3n) is 24.5. The van der Waals surface area contributed by atoms with Crippen LogP contribution in [-0.2, 0) is 48.7 Å². The largest absolute Gasteiger partial charge is 0.482 e. The number of rotatable bonds is 8. The molecule has 93 heavy (non-hydrogen) atoms. The van der Waals surface area contributed by atoms with Crippen LogP contribution in [0.25, 0.3) is 34.8 Å². The molecule has 18 rings (SSSR count). The molecule has 1 aromatic heterocycles. The van der Waals surface area contributed by atoms with Crippen LogP contribution in [-0.4, -0.2) is 70.7 Å². The van der Waals surface area contributed by atoms with Gasteiger partial charge in [-0.05, 0) is 184 Å². The Bertz CT molecular complexity index is 4420. The highest BCUT2D eigenvalue weighted by Gasteiger charge is 2.69. The van der Waals surface area contributed by atoms with Crippen molar-refractivity contribution in [1.29, 1.82) is 0 Å². The number of aliphatic hydroxyl groups is 4. The Kier molecular flexibility index (Phi) is 14.3. The Morgan fingerprint density at radius 2 is 1.58 bits per heavy atom. The lowest BCUT2D eigenvalue weighted by atomic mass is 9.48. The molecule has 6 aromatic rings. The van der Waals surface area contributed by atoms with Gasteiger partial charge in [-0.15, -0.1) is 0 Å². The molecule has 2 saturated carbocycles. The van der Waals surface area contributed by atoms with Crippen LogP contribution in [0.5, 0.6) is 5.75 Å². The first kappa shape index (κ1) is 58.8. The standard InChI is InChI=1S/C81H78O12/c1-45(41-83)57-24-20-48-35-51-17-18-52-37-56-12-6-11-55-23-19-47-10-3-5-15-65(47)81(55,56)67-16-7-14-60(71(52)67)50-21-25-59-54(36-50)39-70(86)90-75-73-68(28-26-61-64(42-84)72(78(88)91-74(61)73)53(30-34-82)43-89-44-85)93-80(76(75)92-77(57)87)32-8-31-79(33-29-49(48)38-62(51)59)66-27-22-46-9-2-4-13-58(46)63(66)40-69(79)80/h2-5,7-10,13-19,21-23,25-28,31,35,37-38,50,53-56,59,63,66,69,75-76,82-85H,6,11-12,20,24,29-30,32-34,36,39-44H2,1H3/b18-17+,57-45-/t50-,53+,54-,55+,56-,59+,63-,66-,69-,75+,76-,79-,80-,81+/m0/s1. The SMILES string of the molecule is C/C(CO)=C1\CCc2cc3c4cc2CC[C@]25C=CC[C@]6(Oc7ccc8c(CO)c([C@H](CCO)COCO)c(=O)oc8c7[C@@H](OC(=O)C[C@@H]7C[C@H](C=C[C@@H]47)c4cccc7c4C(=C[C@@H]4CCC[C@@H]8C=Cc9ccccc9[C@]748)/C=C/3)[C@@H]6OC1=O)[C@H]2C[C@H]1c2ccccc2C=C[C@@H]15. The summed E-state index contributed by atoms with van der Waals surface area (Å²) in [4.78, 5) is 47.3. The van der Waals surface area contributed by atoms with Crippen molar-refractivity contribution in [1.82, 2.24) is 0 Å². The Hall–Kier alpha value is -7.97. The number of fused-ring (bicyclic) bond motifs is 9. The van der Waals surface area contributed by atoms with E-state index in [1.807, 2.05) is 0 Å². The molecule has 14 atom stereocenters. The van der Waals surface area contributed by atoms with Crippen LogP contribution in [0.15, 0.2) is 160 Å². The van der Waals surface area contributed by atoms with Gasteiger partial charge in [0.1, 0.15) is 18.1 Å². The van der Waals surface area contributed by atoms with E-state index in [-0.39, 0.29) is 108 Å². The molecule has 5 aromatic carbocycles. The van der Waals surface area contributed by atoms with E-state index >= 15 is 9.59 Å². The van der Waals surface area contributed by atoms with E-state index in [0.717, 1.165) is 41.5 Å². The summed E-state index contributed by atoms with van der Waals surface area (Å²) < 4.78 is 34.4. The van der Waals surface area contributed by atoms with E-state index < -0.39 is 66.7 Å². The summed E-state index contributed by atoms with van der Waals surface area (Å²) in [6.45, 7) is -0.330. The van der Waals surface area contributed by atoms with Crippen molar-refractivity contribution in [2.75, 3.05) is 26.6 Å². The Labute approximate surface area is 541 Å². The molecule has 12 aliphatic rings. The number of aliphatic hydroxyl groups excluding tert-OH is 4. The predicted octanol–water partition coefficient (Wildman–Crippen LogP) is 13.6. The van der Waals surface area contributed by atoms with Gasteiger partial charge >= 0.3 is 17.6 Å². The molecule has 0 saturated heterocycles. The lowest BCUT2D eigenvalue weighted by molar-refractivity contribution is -0.210. The van der Waals surface area contributed by atoms with Crippen LogP contribution in [0.1, 0.15) is 179 Å². The summed E-state index contributed by atoms with van der Waals surface area (Å²) in [6.07, 6.45) is 30.5. The maximum absolute atomic E-state index is 16.3. The molecule has 4 N–H and O–H groups in total. The highest BCUT2D eigenvalue weighted by atomic mass is 16.6. The zero-order valence-corrected chi connectivity index (χ0v) is 52.4. The number of ether oxygens (including phenoxy) is 4. The van der Waals surface area contributed by atoms with E-state index in [9.17, 15) is 25.2 Å². The van der Waals surface area contributed by atoms with Gasteiger partial charge in [0.15, 0.2) is 17.8 Å². The highest BCUT2D eigenvalue weighted by Crippen LogP contribution is 2.69. The topological polar surface area (TPSA) is 182 Å². The van der Waals surface area contributed by atoms with Gasteiger partial charge in [0.2, 0.25) is 0 Å². The van der Waals surface area contributed by atoms with E-state index in [2.05, 4.69) is 146 Å². The molecule has 0 radical (unpaired) electrons. The fourth-order valence-corrected chi connectivity index (χ4v) is 20.6. The number of benzene rings is 5. The zero-order chi connectivity index (χ0) is 63.1. The normalized spacial score (nSPS) is 32.3. The molecule has 0 amide bonds. The number of esters is 2. The average Bonchev–Trinajstić information content (AvgIpc) is 1.68. The number of hydrogen-bond acceptors (Lipinski definition) is 12. The molecule has 9 bridgehead atoms. The van der Waals surface area contributed by atoms with Crippen LogP contribution in [0, 0.1) is 35.0 Å². The third kappa shape index (κ3) is 8.76. The third-order valence-corrected chi connectivity index (χ3v) is 24.5. The minimum atomic E-state index is -1.43. The van der Waals surface area contributed by atoms with Crippen molar-refractivity contribution in [2.45, 2.75) is 137 Å². The monoisotopic (exact) mass is 1240 g/mol. The minimum Gasteiger partial charge on any atom is -0.482 e. The molecule has 0 unspecified atom stereocenters. The van der Waals surface area contributed by atoms with Gasteiger partial charge in [-0.3, -0.25) is 4.79 Å². The van der Waals surface area contributed by atoms with Crippen LogP contribution in [0.2, 0.25) is 0 Å². The Balaban J connectivity index is 0.921. The molecular weight excluding hydrogens is 1160 g/mol. The fraction of sp³-hybridized carbons (Fsp3) is 0.395. The van der Waals surface area contributed by atoms with Crippen LogP contribution in [0.3, 0.4) is 0 Å². The van der Waals surface area contributed by atoms with E-state index in [0.29, 0.717) is 60.3 Å². The number of allylic oxidation sites excluding steroid dienone is 8. The average molecular weight is 1240 g/mol. The number of carbonyl (C=O) groups is 2. The second kappa shape index (κ2) is 22.6. The zero-order valence-electron chi connectivity index (χ0n) is 52.4. The molecule has 9 aliphatic carbocycles. The van der Waals surface area contributed by atoms with Gasteiger partial charge in [0, 0.05) is 70.5 Å². The van der Waals surface area contributed by atoms with E-state index in [1.54, 1.807) is 19.1 Å². The molecule has 2 spiro atoms. The van der Waals surface area contributed by atoms with Crippen molar-refractivity contribution >= 4 is 46.7 Å². The van der Waals surface area contributed by atoms with Crippen molar-refractivity contribution in [3.05, 3.63) is 239 Å². The highest BCUT2D eigenvalue weighted by molar-refractivity contribution is 5.91. The summed E-state index contributed by atoms with van der Waals surface area (Å²) in [5.74, 6) is -2.00. The van der Waals surface area contributed by atoms with Gasteiger partial charge < -0.3 is 43.8 Å². The second-order valence-electron chi connectivity index (χ2n) is 28.5. The van der Waals surface area contributed by atoms with E-state index in [4.69, 9.17) is 23.4 Å². The quantitative estimate of drug-likeness (QED) is 0.0373. The predicted molar refractivity (Wildman–Crippen MR) is 355 cm³/mol. The van der Waals surface area contributed by atoms with Gasteiger partial charge in [0.05, 0.1) is 25.4 Å². The smallest absolute Gasteiger partial charge is 0.340 e. The molecule has 12 heteroatoms. The summed E-state index contributed by atoms with van der Waals surface area (Å²) in [5, 5.41) is 43.0. The maximum Gasteiger partial charge on any atom is 0.340 e. The van der Waals surface area contributed by atoms with E-state index in [1.165, 1.54) is 44.5 Å². The van der Waals surface area contributed by atoms with Gasteiger partial charge in [-0.2, -0.15) is 0 Å². The fourth-order valence-electron chi connectivity index (χ4n) is 20.6. The molecule has 3 aliphatic heterocycles. The molecular formula is C81H78O12. The number of carbonyl (C=O) groups excluding carboxylic acids is 2. The summed E-state index contributed by atoms with van der Waals surface area (Å²) >= 11 is 0. The summed E-state index contributed by atoms with van der Waals surface area (Å²) in [7, 11) is 0. The maximum atomic E-state index is 16.3. The lowest BCUT2D eigenvalue weighted by Crippen LogP contribution is -2.64. The van der Waals surface area contributed by atoms with Gasteiger partial charge in [-0.25, -0.2) is 9.59 Å². The van der Waals surface area contributed by atoms with Crippen LogP contribution in [0.4, 0.5) is 0 Å². The molecule has 474 valence electrons. The Morgan fingerprint density at radius 1 is 0.763 bits per heavy atom. The van der Waals surface area contributed by atoms with Crippen molar-refractivity contribution in [3.63, 3.8) is 0 Å². The van der Waals surface area contributed by atoms with Gasteiger partial charge in [0.25, 0.3) is 0 Å². The van der Waals surface area contributed by atoms with Crippen LogP contribution < -0.4 is 10.4 Å². The molecule has 2 fully saturated rings. The first-order valence-corrected chi connectivity index (χ1v) is 34.0. The second-order valence-corrected chi connectivity index (χ2v) is 28.5. The van der Waals surface area contributed by atoms with Crippen molar-refractivity contribution in [2.24, 2.45) is 35.0 Å². The van der Waals surface area contributed by atoms with Gasteiger partial charge in [-0.1, -0.05) is 152 Å². The molecule has 4 heterocycles. The number of aryl methyl sites for hydroxylation is 2. The summed E-state index contributed by atoms with van der Waals surface area (Å²) in [5.41, 5.74) is 12.9. The summed E-state index contributed by atoms with van der Waals surface area (Å²) in [6, 6.07) is 33.0. The first-order chi connectivity index (χ1) is 45.5. The lowest BCUT2D eigenvalue weighted by Gasteiger charge is -2.56. The first-order valence-electron chi connectivity index (χ1n) is 34.0. The molecule has 12 nitrogen and oxygen atoms in total. The van der Waals surface area contributed by atoms with Crippen molar-refractivity contribution < 1.29 is 53.4 Å². The Morgan fingerprint density at radius 3 is 2.44 bits per heavy atom. The number of hydrogen-bond donors (Lipinski definition) is 4.